The van der Waals surface area contributed by atoms with Crippen LogP contribution >= 0.6 is 0 Å². The number of ether oxygens (including phenoxy) is 2. The van der Waals surface area contributed by atoms with Gasteiger partial charge in [-0.05, 0) is 35.2 Å². The molecule has 0 aliphatic heterocycles. The maximum Gasteiger partial charge on any atom is 0.339 e. The van der Waals surface area contributed by atoms with Crippen molar-refractivity contribution in [2.24, 2.45) is 0 Å². The third-order valence-corrected chi connectivity index (χ3v) is 3.54. The fourth-order valence-corrected chi connectivity index (χ4v) is 2.15. The van der Waals surface area contributed by atoms with Crippen LogP contribution in [0.1, 0.15) is 36.7 Å². The molecule has 0 bridgehead atoms. The molecule has 0 spiro atoms. The molecule has 2 rings (SSSR count). The van der Waals surface area contributed by atoms with Gasteiger partial charge in [0.25, 0.3) is 0 Å². The molecule has 128 valence electrons. The summed E-state index contributed by atoms with van der Waals surface area (Å²) in [5.74, 6) is -0.348. The number of aromatic hydroxyl groups is 1. The van der Waals surface area contributed by atoms with E-state index in [1.165, 1.54) is 23.8 Å². The summed E-state index contributed by atoms with van der Waals surface area (Å²) in [5, 5.41) is 18.4. The van der Waals surface area contributed by atoms with E-state index < -0.39 is 5.97 Å². The van der Waals surface area contributed by atoms with E-state index in [-0.39, 0.29) is 23.3 Å². The normalized spacial score (nSPS) is 11.1. The average molecular weight is 330 g/mol. The van der Waals surface area contributed by atoms with E-state index >= 15 is 0 Å². The Morgan fingerprint density at radius 2 is 1.50 bits per heavy atom. The Bertz CT molecular complexity index is 699. The number of benzene rings is 2. The first-order chi connectivity index (χ1) is 11.3. The Morgan fingerprint density at radius 1 is 0.958 bits per heavy atom. The molecule has 0 fully saturated rings. The van der Waals surface area contributed by atoms with Gasteiger partial charge in [-0.1, -0.05) is 32.9 Å². The van der Waals surface area contributed by atoms with Crippen molar-refractivity contribution in [3.05, 3.63) is 53.6 Å². The number of rotatable bonds is 6. The van der Waals surface area contributed by atoms with Gasteiger partial charge >= 0.3 is 5.97 Å². The van der Waals surface area contributed by atoms with Gasteiger partial charge < -0.3 is 19.7 Å². The first kappa shape index (κ1) is 17.7. The minimum atomic E-state index is -1.18. The minimum Gasteiger partial charge on any atom is -0.507 e. The lowest BCUT2D eigenvalue weighted by atomic mass is 9.87. The molecule has 0 heterocycles. The first-order valence-corrected chi connectivity index (χ1v) is 7.70. The van der Waals surface area contributed by atoms with Crippen LogP contribution in [0.15, 0.2) is 42.5 Å². The Hall–Kier alpha value is -2.69. The highest BCUT2D eigenvalue weighted by atomic mass is 16.5. The quantitative estimate of drug-likeness (QED) is 0.787. The van der Waals surface area contributed by atoms with Crippen molar-refractivity contribution in [3.8, 4) is 17.2 Å². The molecule has 0 aliphatic rings. The molecule has 2 aromatic carbocycles. The van der Waals surface area contributed by atoms with E-state index in [1.54, 1.807) is 0 Å². The zero-order valence-electron chi connectivity index (χ0n) is 14.1. The van der Waals surface area contributed by atoms with Gasteiger partial charge in [0.1, 0.15) is 36.0 Å². The van der Waals surface area contributed by atoms with E-state index in [1.807, 2.05) is 24.3 Å². The van der Waals surface area contributed by atoms with Crippen molar-refractivity contribution in [1.29, 1.82) is 0 Å². The van der Waals surface area contributed by atoms with Gasteiger partial charge in [0.15, 0.2) is 0 Å². The van der Waals surface area contributed by atoms with Crippen molar-refractivity contribution in [2.75, 3.05) is 13.2 Å². The number of hydrogen-bond donors (Lipinski definition) is 2. The van der Waals surface area contributed by atoms with E-state index in [0.29, 0.717) is 12.4 Å². The molecule has 24 heavy (non-hydrogen) atoms. The van der Waals surface area contributed by atoms with Crippen LogP contribution in [0, 0.1) is 0 Å². The molecule has 0 saturated carbocycles. The molecule has 5 heteroatoms. The van der Waals surface area contributed by atoms with Crippen LogP contribution in [0.4, 0.5) is 0 Å². The molecule has 0 radical (unpaired) electrons. The van der Waals surface area contributed by atoms with Gasteiger partial charge in [-0.3, -0.25) is 0 Å². The smallest absolute Gasteiger partial charge is 0.339 e. The first-order valence-electron chi connectivity index (χ1n) is 7.70. The number of phenols is 1. The van der Waals surface area contributed by atoms with Crippen LogP contribution in [0.2, 0.25) is 0 Å². The lowest BCUT2D eigenvalue weighted by Crippen LogP contribution is -2.11. The molecule has 2 aromatic rings. The van der Waals surface area contributed by atoms with Crippen molar-refractivity contribution in [2.45, 2.75) is 26.2 Å². The Labute approximate surface area is 141 Å². The number of hydrogen-bond acceptors (Lipinski definition) is 4. The molecular formula is C19H22O5. The van der Waals surface area contributed by atoms with Crippen molar-refractivity contribution < 1.29 is 24.5 Å². The lowest BCUT2D eigenvalue weighted by Gasteiger charge is -2.19. The van der Waals surface area contributed by atoms with Gasteiger partial charge in [-0.2, -0.15) is 0 Å². The van der Waals surface area contributed by atoms with E-state index in [2.05, 4.69) is 20.8 Å². The van der Waals surface area contributed by atoms with Gasteiger partial charge in [-0.15, -0.1) is 0 Å². The van der Waals surface area contributed by atoms with E-state index in [0.717, 1.165) is 5.75 Å². The monoisotopic (exact) mass is 330 g/mol. The fourth-order valence-electron chi connectivity index (χ4n) is 2.15. The Kier molecular flexibility index (Phi) is 5.34. The molecule has 0 atom stereocenters. The maximum absolute atomic E-state index is 10.8. The van der Waals surface area contributed by atoms with Crippen LogP contribution in [0.5, 0.6) is 17.2 Å². The second-order valence-corrected chi connectivity index (χ2v) is 6.46. The number of carboxylic acids is 1. The van der Waals surface area contributed by atoms with Crippen LogP contribution in [-0.4, -0.2) is 29.4 Å². The number of carboxylic acid groups (broad SMARTS) is 1. The second-order valence-electron chi connectivity index (χ2n) is 6.46. The van der Waals surface area contributed by atoms with Crippen LogP contribution in [-0.2, 0) is 5.41 Å². The van der Waals surface area contributed by atoms with Crippen molar-refractivity contribution in [3.63, 3.8) is 0 Å². The summed E-state index contributed by atoms with van der Waals surface area (Å²) in [6.07, 6.45) is 0. The molecule has 0 unspecified atom stereocenters. The van der Waals surface area contributed by atoms with Crippen LogP contribution in [0.25, 0.3) is 0 Å². The summed E-state index contributed by atoms with van der Waals surface area (Å²) in [5.41, 5.74) is 1.18. The molecule has 0 saturated heterocycles. The van der Waals surface area contributed by atoms with Crippen molar-refractivity contribution >= 4 is 5.97 Å². The molecule has 5 nitrogen and oxygen atoms in total. The average Bonchev–Trinajstić information content (AvgIpc) is 2.51. The molecule has 2 N–H and O–H groups in total. The van der Waals surface area contributed by atoms with Gasteiger partial charge in [0.2, 0.25) is 0 Å². The fraction of sp³-hybridized carbons (Fsp3) is 0.316. The SMILES string of the molecule is CC(C)(C)c1ccc(OCCOc2ccc(C(=O)O)c(O)c2)cc1. The van der Waals surface area contributed by atoms with Gasteiger partial charge in [0.05, 0.1) is 0 Å². The summed E-state index contributed by atoms with van der Waals surface area (Å²) >= 11 is 0. The zero-order valence-corrected chi connectivity index (χ0v) is 14.1. The van der Waals surface area contributed by atoms with Gasteiger partial charge in [-0.25, -0.2) is 4.79 Å². The summed E-state index contributed by atoms with van der Waals surface area (Å²) < 4.78 is 11.0. The summed E-state index contributed by atoms with van der Waals surface area (Å²) in [4.78, 5) is 10.8. The topological polar surface area (TPSA) is 76.0 Å². The highest BCUT2D eigenvalue weighted by Gasteiger charge is 2.13. The van der Waals surface area contributed by atoms with Crippen LogP contribution < -0.4 is 9.47 Å². The second kappa shape index (κ2) is 7.25. The standard InChI is InChI=1S/C19H22O5/c1-19(2,3)13-4-6-14(7-5-13)23-10-11-24-15-8-9-16(18(21)22)17(20)12-15/h4-9,12,20H,10-11H2,1-3H3,(H,21,22). The van der Waals surface area contributed by atoms with E-state index in [4.69, 9.17) is 14.6 Å². The molecular weight excluding hydrogens is 308 g/mol. The Morgan fingerprint density at radius 3 is 2.00 bits per heavy atom. The number of carbonyl (C=O) groups is 1. The summed E-state index contributed by atoms with van der Waals surface area (Å²) in [6.45, 7) is 7.09. The van der Waals surface area contributed by atoms with Gasteiger partial charge in [0, 0.05) is 6.07 Å². The number of aromatic carboxylic acids is 1. The molecule has 0 amide bonds. The minimum absolute atomic E-state index is 0.103. The Balaban J connectivity index is 1.83. The highest BCUT2D eigenvalue weighted by Crippen LogP contribution is 2.25. The van der Waals surface area contributed by atoms with Crippen molar-refractivity contribution in [1.82, 2.24) is 0 Å². The third-order valence-electron chi connectivity index (χ3n) is 3.54. The molecule has 0 aromatic heterocycles. The lowest BCUT2D eigenvalue weighted by molar-refractivity contribution is 0.0693. The highest BCUT2D eigenvalue weighted by molar-refractivity contribution is 5.90. The zero-order chi connectivity index (χ0) is 17.7. The largest absolute Gasteiger partial charge is 0.507 e. The third kappa shape index (κ3) is 4.65. The molecule has 0 aliphatic carbocycles. The van der Waals surface area contributed by atoms with Crippen LogP contribution in [0.3, 0.4) is 0 Å². The van der Waals surface area contributed by atoms with E-state index in [9.17, 15) is 9.90 Å². The maximum atomic E-state index is 10.8. The summed E-state index contributed by atoms with van der Waals surface area (Å²) in [7, 11) is 0. The predicted molar refractivity (Wildman–Crippen MR) is 91.2 cm³/mol. The predicted octanol–water partition coefficient (Wildman–Crippen LogP) is 3.85. The summed E-state index contributed by atoms with van der Waals surface area (Å²) in [6, 6.07) is 12.0.